The smallest absolute Gasteiger partial charge is 0.151 e. The lowest BCUT2D eigenvalue weighted by Crippen LogP contribution is -2.45. The third-order valence-corrected chi connectivity index (χ3v) is 6.76. The van der Waals surface area contributed by atoms with Crippen LogP contribution in [-0.4, -0.2) is 51.9 Å². The van der Waals surface area contributed by atoms with Gasteiger partial charge < -0.3 is 5.32 Å². The average Bonchev–Trinajstić information content (AvgIpc) is 2.43. The minimum Gasteiger partial charge on any atom is -0.309 e. The quantitative estimate of drug-likeness (QED) is 0.718. The summed E-state index contributed by atoms with van der Waals surface area (Å²) in [7, 11) is -5.80. The molecule has 0 saturated carbocycles. The Morgan fingerprint density at radius 1 is 0.812 bits per heavy atom. The van der Waals surface area contributed by atoms with Crippen LogP contribution in [0.5, 0.6) is 0 Å². The predicted molar refractivity (Wildman–Crippen MR) is 61.9 cm³/mol. The first-order valence-electron chi connectivity index (χ1n) is 5.53. The Morgan fingerprint density at radius 2 is 1.38 bits per heavy atom. The predicted octanol–water partition coefficient (Wildman–Crippen LogP) is -0.660. The maximum absolute atomic E-state index is 11.4. The molecule has 2 fully saturated rings. The van der Waals surface area contributed by atoms with Gasteiger partial charge in [-0.05, 0) is 19.3 Å². The monoisotopic (exact) mass is 267 g/mol. The summed E-state index contributed by atoms with van der Waals surface area (Å²) in [5.41, 5.74) is 0. The lowest BCUT2D eigenvalue weighted by Gasteiger charge is -2.25. The summed E-state index contributed by atoms with van der Waals surface area (Å²) in [5, 5.41) is 3.17. The van der Waals surface area contributed by atoms with E-state index in [0.29, 0.717) is 12.8 Å². The van der Waals surface area contributed by atoms with E-state index in [1.165, 1.54) is 0 Å². The SMILES string of the molecule is O=S1(=O)CCCC(NC2CCS(=O)(=O)C2)C1. The molecule has 2 aliphatic heterocycles. The van der Waals surface area contributed by atoms with Crippen molar-refractivity contribution in [1.29, 1.82) is 0 Å². The molecule has 2 atom stereocenters. The molecule has 0 aromatic heterocycles. The highest BCUT2D eigenvalue weighted by Crippen LogP contribution is 2.16. The summed E-state index contributed by atoms with van der Waals surface area (Å²) < 4.78 is 45.3. The summed E-state index contributed by atoms with van der Waals surface area (Å²) >= 11 is 0. The van der Waals surface area contributed by atoms with Gasteiger partial charge in [-0.2, -0.15) is 0 Å². The van der Waals surface area contributed by atoms with E-state index < -0.39 is 19.7 Å². The number of nitrogens with one attached hydrogen (secondary N) is 1. The lowest BCUT2D eigenvalue weighted by molar-refractivity contribution is 0.433. The van der Waals surface area contributed by atoms with Crippen LogP contribution < -0.4 is 5.32 Å². The molecule has 2 unspecified atom stereocenters. The Balaban J connectivity index is 1.91. The molecule has 2 aliphatic rings. The van der Waals surface area contributed by atoms with E-state index in [2.05, 4.69) is 5.32 Å². The molecule has 2 heterocycles. The molecule has 0 amide bonds. The van der Waals surface area contributed by atoms with Crippen molar-refractivity contribution >= 4 is 19.7 Å². The Kier molecular flexibility index (Phi) is 3.29. The molecule has 2 rings (SSSR count). The van der Waals surface area contributed by atoms with Crippen molar-refractivity contribution in [2.75, 3.05) is 23.0 Å². The van der Waals surface area contributed by atoms with Gasteiger partial charge in [-0.1, -0.05) is 0 Å². The van der Waals surface area contributed by atoms with Crippen molar-refractivity contribution in [3.05, 3.63) is 0 Å². The molecule has 0 radical (unpaired) electrons. The second kappa shape index (κ2) is 4.27. The molecule has 16 heavy (non-hydrogen) atoms. The lowest BCUT2D eigenvalue weighted by atomic mass is 10.1. The molecule has 7 heteroatoms. The number of rotatable bonds is 2. The molecule has 5 nitrogen and oxygen atoms in total. The summed E-state index contributed by atoms with van der Waals surface area (Å²) in [4.78, 5) is 0. The average molecular weight is 267 g/mol. The fourth-order valence-corrected chi connectivity index (χ4v) is 5.75. The molecule has 94 valence electrons. The summed E-state index contributed by atoms with van der Waals surface area (Å²) in [6.07, 6.45) is 2.12. The van der Waals surface area contributed by atoms with Crippen molar-refractivity contribution in [3.8, 4) is 0 Å². The highest BCUT2D eigenvalue weighted by Gasteiger charge is 2.32. The fraction of sp³-hybridized carbons (Fsp3) is 1.00. The van der Waals surface area contributed by atoms with Gasteiger partial charge in [-0.3, -0.25) is 0 Å². The van der Waals surface area contributed by atoms with Gasteiger partial charge in [0.25, 0.3) is 0 Å². The highest BCUT2D eigenvalue weighted by atomic mass is 32.2. The van der Waals surface area contributed by atoms with Crippen molar-refractivity contribution in [2.45, 2.75) is 31.3 Å². The van der Waals surface area contributed by atoms with E-state index >= 15 is 0 Å². The molecular weight excluding hydrogens is 250 g/mol. The molecule has 1 N–H and O–H groups in total. The largest absolute Gasteiger partial charge is 0.309 e. The fourth-order valence-electron chi connectivity index (χ4n) is 2.41. The van der Waals surface area contributed by atoms with E-state index in [9.17, 15) is 16.8 Å². The van der Waals surface area contributed by atoms with Crippen LogP contribution in [0.25, 0.3) is 0 Å². The Hall–Kier alpha value is -0.140. The van der Waals surface area contributed by atoms with Gasteiger partial charge in [0, 0.05) is 12.1 Å². The first kappa shape index (κ1) is 12.3. The van der Waals surface area contributed by atoms with Gasteiger partial charge >= 0.3 is 0 Å². The van der Waals surface area contributed by atoms with Gasteiger partial charge in [-0.15, -0.1) is 0 Å². The van der Waals surface area contributed by atoms with Gasteiger partial charge in [0.05, 0.1) is 23.0 Å². The zero-order valence-corrected chi connectivity index (χ0v) is 10.7. The van der Waals surface area contributed by atoms with Crippen molar-refractivity contribution in [3.63, 3.8) is 0 Å². The summed E-state index contributed by atoms with van der Waals surface area (Å²) in [5.74, 6) is 0.811. The molecule has 0 aromatic carbocycles. The van der Waals surface area contributed by atoms with Crippen LogP contribution in [0.2, 0.25) is 0 Å². The topological polar surface area (TPSA) is 80.3 Å². The molecule has 2 saturated heterocycles. The van der Waals surface area contributed by atoms with E-state index in [1.807, 2.05) is 0 Å². The molecular formula is C9H17NO4S2. The molecule has 0 spiro atoms. The molecule has 0 aromatic rings. The number of sulfone groups is 2. The van der Waals surface area contributed by atoms with Crippen LogP contribution in [0, 0.1) is 0 Å². The number of hydrogen-bond acceptors (Lipinski definition) is 5. The van der Waals surface area contributed by atoms with Crippen LogP contribution in [0.3, 0.4) is 0 Å². The van der Waals surface area contributed by atoms with E-state index in [0.717, 1.165) is 6.42 Å². The molecule has 0 bridgehead atoms. The van der Waals surface area contributed by atoms with Crippen LogP contribution in [0.4, 0.5) is 0 Å². The van der Waals surface area contributed by atoms with Crippen molar-refractivity contribution < 1.29 is 16.8 Å². The van der Waals surface area contributed by atoms with E-state index in [-0.39, 0.29) is 35.1 Å². The van der Waals surface area contributed by atoms with Crippen LogP contribution in [0.1, 0.15) is 19.3 Å². The van der Waals surface area contributed by atoms with E-state index in [4.69, 9.17) is 0 Å². The van der Waals surface area contributed by atoms with Crippen molar-refractivity contribution in [1.82, 2.24) is 5.32 Å². The Morgan fingerprint density at radius 3 is 1.94 bits per heavy atom. The third kappa shape index (κ3) is 3.18. The highest BCUT2D eigenvalue weighted by molar-refractivity contribution is 7.91. The zero-order chi connectivity index (χ0) is 11.8. The van der Waals surface area contributed by atoms with Gasteiger partial charge in [0.2, 0.25) is 0 Å². The normalized spacial score (nSPS) is 37.2. The number of hydrogen-bond donors (Lipinski definition) is 1. The maximum Gasteiger partial charge on any atom is 0.151 e. The minimum atomic E-state index is -2.91. The molecule has 0 aliphatic carbocycles. The van der Waals surface area contributed by atoms with Crippen LogP contribution >= 0.6 is 0 Å². The van der Waals surface area contributed by atoms with Gasteiger partial charge in [0.15, 0.2) is 19.7 Å². The van der Waals surface area contributed by atoms with Gasteiger partial charge in [-0.25, -0.2) is 16.8 Å². The minimum absolute atomic E-state index is 0.0525. The van der Waals surface area contributed by atoms with E-state index in [1.54, 1.807) is 0 Å². The second-order valence-electron chi connectivity index (χ2n) is 4.72. The third-order valence-electron chi connectivity index (χ3n) is 3.17. The van der Waals surface area contributed by atoms with Crippen molar-refractivity contribution in [2.24, 2.45) is 0 Å². The summed E-state index contributed by atoms with van der Waals surface area (Å²) in [6.45, 7) is 0. The first-order valence-corrected chi connectivity index (χ1v) is 9.17. The standard InChI is InChI=1S/C9H17NO4S2/c11-15(12)4-1-2-8(6-15)10-9-3-5-16(13,14)7-9/h8-10H,1-7H2. The second-order valence-corrected chi connectivity index (χ2v) is 9.18. The summed E-state index contributed by atoms with van der Waals surface area (Å²) in [6, 6.07) is -0.111. The Bertz CT molecular complexity index is 454. The maximum atomic E-state index is 11.4. The van der Waals surface area contributed by atoms with Crippen LogP contribution in [0.15, 0.2) is 0 Å². The van der Waals surface area contributed by atoms with Crippen LogP contribution in [-0.2, 0) is 19.7 Å². The first-order chi connectivity index (χ1) is 7.36. The van der Waals surface area contributed by atoms with Gasteiger partial charge in [0.1, 0.15) is 0 Å². The Labute approximate surface area is 96.4 Å². The zero-order valence-electron chi connectivity index (χ0n) is 9.05.